The number of primary amides is 1. The fourth-order valence-electron chi connectivity index (χ4n) is 8.06. The van der Waals surface area contributed by atoms with Crippen molar-refractivity contribution >= 4 is 11.8 Å². The lowest BCUT2D eigenvalue weighted by atomic mass is 9.49. The van der Waals surface area contributed by atoms with Gasteiger partial charge in [0, 0.05) is 37.4 Å². The number of benzene rings is 1. The van der Waals surface area contributed by atoms with Crippen LogP contribution < -0.4 is 11.3 Å². The van der Waals surface area contributed by atoms with E-state index in [1.165, 1.54) is 17.7 Å². The number of phenols is 1. The largest absolute Gasteiger partial charge is 0.508 e. The molecule has 1 aromatic carbocycles. The van der Waals surface area contributed by atoms with Crippen LogP contribution >= 0.6 is 0 Å². The number of carbonyl (C=O) groups is 2. The van der Waals surface area contributed by atoms with Gasteiger partial charge in [-0.15, -0.1) is 5.10 Å². The molecule has 3 aliphatic carbocycles. The summed E-state index contributed by atoms with van der Waals surface area (Å²) >= 11 is 0. The third kappa shape index (κ3) is 3.79. The summed E-state index contributed by atoms with van der Waals surface area (Å²) in [5, 5.41) is 31.5. The lowest BCUT2D eigenvalue weighted by molar-refractivity contribution is -0.152. The first-order valence-electron chi connectivity index (χ1n) is 14.5. The lowest BCUT2D eigenvalue weighted by Gasteiger charge is -2.63. The van der Waals surface area contributed by atoms with Crippen LogP contribution in [0.15, 0.2) is 29.1 Å². The number of likely N-dealkylation sites (tertiary alicyclic amines) is 2. The van der Waals surface area contributed by atoms with Gasteiger partial charge in [0.1, 0.15) is 17.4 Å². The Hall–Kier alpha value is -3.37. The predicted molar refractivity (Wildman–Crippen MR) is 145 cm³/mol. The van der Waals surface area contributed by atoms with Gasteiger partial charge in [-0.3, -0.25) is 19.3 Å². The maximum atomic E-state index is 13.7. The van der Waals surface area contributed by atoms with E-state index in [0.717, 1.165) is 37.1 Å². The van der Waals surface area contributed by atoms with Gasteiger partial charge in [0.15, 0.2) is 0 Å². The fourth-order valence-corrected chi connectivity index (χ4v) is 8.06. The highest BCUT2D eigenvalue weighted by atomic mass is 16.3. The molecule has 10 heteroatoms. The second kappa shape index (κ2) is 9.07. The molecule has 0 unspecified atom stereocenters. The van der Waals surface area contributed by atoms with Gasteiger partial charge in [-0.25, -0.2) is 0 Å². The van der Waals surface area contributed by atoms with E-state index in [2.05, 4.69) is 15.1 Å². The van der Waals surface area contributed by atoms with Crippen LogP contribution in [-0.2, 0) is 29.5 Å². The van der Waals surface area contributed by atoms with Crippen molar-refractivity contribution in [1.82, 2.24) is 20.0 Å². The van der Waals surface area contributed by atoms with Gasteiger partial charge in [0.05, 0.1) is 11.3 Å². The standard InChI is InChI=1S/C30H35N5O5/c31-26(37)24-3-1-2-9-35(24)28(39)21-11-19-14-30(40)25-12-18-6-7-20(36)13-22(18)29(30,15-23(19)32-33-27(21)38)8-10-34(25)16-17-4-5-17/h6-7,11,13,17,24-25,36,40H,1-5,8-10,12,14-16H2,(H2,31,37)/t24-,25+,29+,30+/m0/s1. The predicted octanol–water partition coefficient (Wildman–Crippen LogP) is 0.830. The van der Waals surface area contributed by atoms with Crippen LogP contribution in [0, 0.1) is 5.92 Å². The van der Waals surface area contributed by atoms with E-state index in [1.54, 1.807) is 18.2 Å². The molecule has 3 fully saturated rings. The minimum Gasteiger partial charge on any atom is -0.508 e. The number of rotatable bonds is 4. The van der Waals surface area contributed by atoms with Crippen LogP contribution in [-0.4, -0.2) is 79.3 Å². The molecule has 0 radical (unpaired) electrons. The Kier molecular flexibility index (Phi) is 5.80. The van der Waals surface area contributed by atoms with E-state index < -0.39 is 34.4 Å². The maximum absolute atomic E-state index is 13.7. The molecular weight excluding hydrogens is 510 g/mol. The molecule has 2 aliphatic heterocycles. The van der Waals surface area contributed by atoms with Crippen molar-refractivity contribution in [2.75, 3.05) is 19.6 Å². The summed E-state index contributed by atoms with van der Waals surface area (Å²) in [5.41, 5.74) is 6.08. The monoisotopic (exact) mass is 545 g/mol. The molecule has 2 saturated heterocycles. The summed E-state index contributed by atoms with van der Waals surface area (Å²) in [7, 11) is 0. The SMILES string of the molecule is NC(=O)[C@@H]1CCCCN1C(=O)c1cc2c(nnc1=O)C[C@]13CCN(CC4CC4)[C@H](Cc4ccc(O)cc41)[C@]3(O)C2. The Morgan fingerprint density at radius 3 is 2.65 bits per heavy atom. The zero-order valence-electron chi connectivity index (χ0n) is 22.5. The number of hydrogen-bond donors (Lipinski definition) is 3. The first-order valence-corrected chi connectivity index (χ1v) is 14.5. The van der Waals surface area contributed by atoms with E-state index in [-0.39, 0.29) is 23.8 Å². The number of aromatic nitrogens is 2. The van der Waals surface area contributed by atoms with Crippen LogP contribution in [0.5, 0.6) is 5.75 Å². The number of aromatic hydroxyl groups is 1. The third-order valence-corrected chi connectivity index (χ3v) is 10.3. The van der Waals surface area contributed by atoms with Crippen molar-refractivity contribution in [3.05, 3.63) is 62.6 Å². The van der Waals surface area contributed by atoms with Gasteiger partial charge >= 0.3 is 5.56 Å². The quantitative estimate of drug-likeness (QED) is 0.511. The summed E-state index contributed by atoms with van der Waals surface area (Å²) in [6.07, 6.45) is 6.31. The maximum Gasteiger partial charge on any atom is 0.300 e. The van der Waals surface area contributed by atoms with E-state index >= 15 is 0 Å². The topological polar surface area (TPSA) is 150 Å². The highest BCUT2D eigenvalue weighted by Gasteiger charge is 2.64. The number of nitrogens with two attached hydrogens (primary N) is 1. The van der Waals surface area contributed by atoms with Crippen molar-refractivity contribution < 1.29 is 19.8 Å². The molecule has 3 heterocycles. The summed E-state index contributed by atoms with van der Waals surface area (Å²) < 4.78 is 0. The Balaban J connectivity index is 1.34. The number of amides is 2. The number of phenolic OH excluding ortho intramolecular Hbond substituents is 1. The molecule has 210 valence electrons. The van der Waals surface area contributed by atoms with Crippen molar-refractivity contribution in [3.63, 3.8) is 0 Å². The Bertz CT molecular complexity index is 1480. The number of fused-ring (bicyclic) bond motifs is 2. The second-order valence-corrected chi connectivity index (χ2v) is 12.6. The van der Waals surface area contributed by atoms with Gasteiger partial charge in [0.25, 0.3) is 5.91 Å². The van der Waals surface area contributed by atoms with Gasteiger partial charge < -0.3 is 20.8 Å². The molecule has 4 atom stereocenters. The average molecular weight is 546 g/mol. The second-order valence-electron chi connectivity index (χ2n) is 12.6. The zero-order valence-corrected chi connectivity index (χ0v) is 22.5. The minimum atomic E-state index is -1.19. The van der Waals surface area contributed by atoms with Gasteiger partial charge in [-0.05, 0) is 92.3 Å². The minimum absolute atomic E-state index is 0.141. The Morgan fingerprint density at radius 2 is 1.88 bits per heavy atom. The number of carbonyl (C=O) groups excluding carboxylic acids is 2. The van der Waals surface area contributed by atoms with Crippen LogP contribution in [0.25, 0.3) is 0 Å². The van der Waals surface area contributed by atoms with E-state index in [4.69, 9.17) is 5.73 Å². The molecular formula is C30H35N5O5. The number of nitrogens with zero attached hydrogens (tertiary/aromatic N) is 4. The number of hydrogen-bond acceptors (Lipinski definition) is 8. The van der Waals surface area contributed by atoms with Crippen LogP contribution in [0.2, 0.25) is 0 Å². The smallest absolute Gasteiger partial charge is 0.300 e. The molecule has 2 bridgehead atoms. The first-order chi connectivity index (χ1) is 19.2. The van der Waals surface area contributed by atoms with Crippen LogP contribution in [0.3, 0.4) is 0 Å². The number of piperidine rings is 2. The van der Waals surface area contributed by atoms with Crippen molar-refractivity contribution in [3.8, 4) is 5.75 Å². The Labute approximate surface area is 232 Å². The van der Waals surface area contributed by atoms with Crippen LogP contribution in [0.1, 0.15) is 71.3 Å². The number of aliphatic hydroxyl groups is 1. The van der Waals surface area contributed by atoms with Crippen molar-refractivity contribution in [1.29, 1.82) is 0 Å². The molecule has 5 aliphatic rings. The first kappa shape index (κ1) is 25.6. The molecule has 1 aromatic heterocycles. The molecule has 0 spiro atoms. The molecule has 40 heavy (non-hydrogen) atoms. The summed E-state index contributed by atoms with van der Waals surface area (Å²) in [6.45, 7) is 2.12. The van der Waals surface area contributed by atoms with Gasteiger partial charge in [-0.2, -0.15) is 5.10 Å². The molecule has 10 nitrogen and oxygen atoms in total. The third-order valence-electron chi connectivity index (χ3n) is 10.3. The summed E-state index contributed by atoms with van der Waals surface area (Å²) in [6, 6.07) is 6.10. The highest BCUT2D eigenvalue weighted by molar-refractivity contribution is 5.97. The van der Waals surface area contributed by atoms with E-state index in [1.807, 2.05) is 6.07 Å². The fraction of sp³-hybridized carbons (Fsp3) is 0.567. The van der Waals surface area contributed by atoms with E-state index in [0.29, 0.717) is 49.4 Å². The lowest BCUT2D eigenvalue weighted by Crippen LogP contribution is -2.74. The Morgan fingerprint density at radius 1 is 1.05 bits per heavy atom. The molecule has 2 aromatic rings. The van der Waals surface area contributed by atoms with Gasteiger partial charge in [0.2, 0.25) is 5.91 Å². The molecule has 7 rings (SSSR count). The highest BCUT2D eigenvalue weighted by Crippen LogP contribution is 2.57. The normalized spacial score (nSPS) is 31.1. The summed E-state index contributed by atoms with van der Waals surface area (Å²) in [5.74, 6) is -0.335. The van der Waals surface area contributed by atoms with Crippen molar-refractivity contribution in [2.45, 2.75) is 80.9 Å². The van der Waals surface area contributed by atoms with Crippen LogP contribution in [0.4, 0.5) is 0 Å². The zero-order chi connectivity index (χ0) is 27.8. The summed E-state index contributed by atoms with van der Waals surface area (Å²) in [4.78, 5) is 42.7. The van der Waals surface area contributed by atoms with Gasteiger partial charge in [-0.1, -0.05) is 6.07 Å². The molecule has 4 N–H and O–H groups in total. The van der Waals surface area contributed by atoms with E-state index in [9.17, 15) is 24.6 Å². The average Bonchev–Trinajstić information content (AvgIpc) is 3.77. The van der Waals surface area contributed by atoms with Crippen molar-refractivity contribution in [2.24, 2.45) is 11.7 Å². The molecule has 1 saturated carbocycles. The molecule has 2 amide bonds.